The van der Waals surface area contributed by atoms with Crippen molar-refractivity contribution in [1.82, 2.24) is 0 Å². The van der Waals surface area contributed by atoms with Crippen LogP contribution in [0, 0.1) is 28.6 Å². The van der Waals surface area contributed by atoms with Crippen molar-refractivity contribution in [2.75, 3.05) is 0 Å². The van der Waals surface area contributed by atoms with Crippen LogP contribution in [-0.2, 0) is 23.9 Å². The Hall–Kier alpha value is -2.15. The number of esters is 1. The van der Waals surface area contributed by atoms with Gasteiger partial charge in [-0.1, -0.05) is 32.4 Å². The highest BCUT2D eigenvalue weighted by Gasteiger charge is 2.77. The topological polar surface area (TPSA) is 97.7 Å². The summed E-state index contributed by atoms with van der Waals surface area (Å²) in [5.74, 6) is -3.14. The maximum absolute atomic E-state index is 17.1. The Labute approximate surface area is 187 Å². The second-order valence-corrected chi connectivity index (χ2v) is 10.4. The summed E-state index contributed by atoms with van der Waals surface area (Å²) in [7, 11) is 0. The Morgan fingerprint density at radius 3 is 2.62 bits per heavy atom. The third kappa shape index (κ3) is 2.54. The van der Waals surface area contributed by atoms with Gasteiger partial charge in [0.15, 0.2) is 23.3 Å². The van der Waals surface area contributed by atoms with Gasteiger partial charge in [-0.2, -0.15) is 0 Å². The van der Waals surface area contributed by atoms with Gasteiger partial charge in [-0.3, -0.25) is 19.2 Å². The minimum absolute atomic E-state index is 0.0332. The quantitative estimate of drug-likeness (QED) is 0.405. The molecule has 174 valence electrons. The Morgan fingerprint density at radius 2 is 2.00 bits per heavy atom. The van der Waals surface area contributed by atoms with Gasteiger partial charge in [0, 0.05) is 29.1 Å². The predicted molar refractivity (Wildman–Crippen MR) is 113 cm³/mol. The Bertz CT molecular complexity index is 954. The lowest BCUT2D eigenvalue weighted by atomic mass is 9.44. The van der Waals surface area contributed by atoms with Crippen molar-refractivity contribution in [2.45, 2.75) is 77.2 Å². The highest BCUT2D eigenvalue weighted by atomic mass is 19.1. The number of carbonyl (C=O) groups is 4. The molecule has 6 nitrogen and oxygen atoms in total. The van der Waals surface area contributed by atoms with Gasteiger partial charge in [-0.15, -0.1) is 0 Å². The fraction of sp³-hybridized carbons (Fsp3) is 0.680. The van der Waals surface area contributed by atoms with Gasteiger partial charge < -0.3 is 9.84 Å². The number of fused-ring (bicyclic) bond motifs is 5. The van der Waals surface area contributed by atoms with E-state index >= 15 is 4.39 Å². The molecule has 0 aromatic heterocycles. The number of allylic oxidation sites excluding steroid dienone is 4. The summed E-state index contributed by atoms with van der Waals surface area (Å²) in [5, 5.41) is 11.3. The molecule has 4 rings (SSSR count). The second-order valence-electron chi connectivity index (χ2n) is 10.4. The summed E-state index contributed by atoms with van der Waals surface area (Å²) in [6.07, 6.45) is 4.32. The normalized spacial score (nSPS) is 47.1. The molecule has 3 saturated carbocycles. The van der Waals surface area contributed by atoms with E-state index in [1.54, 1.807) is 33.8 Å². The van der Waals surface area contributed by atoms with E-state index in [9.17, 15) is 24.3 Å². The van der Waals surface area contributed by atoms with E-state index in [0.717, 1.165) is 0 Å². The first kappa shape index (κ1) is 23.0. The Balaban J connectivity index is 1.86. The Kier molecular flexibility index (Phi) is 5.16. The van der Waals surface area contributed by atoms with Crippen molar-refractivity contribution >= 4 is 23.8 Å². The number of hydrogen-bond acceptors (Lipinski definition) is 6. The number of rotatable bonds is 4. The van der Waals surface area contributed by atoms with Crippen molar-refractivity contribution in [3.8, 4) is 0 Å². The molecule has 0 amide bonds. The van der Waals surface area contributed by atoms with Gasteiger partial charge in [0.05, 0.1) is 6.10 Å². The monoisotopic (exact) mass is 446 g/mol. The zero-order valence-electron chi connectivity index (χ0n) is 19.0. The molecule has 0 radical (unpaired) electrons. The SMILES string of the molecule is CCC(=O)O[C@@]1(C(=O)C=O)[C@H](C)C[C@H]2[C@@H]3CCC4=CC(=O)C=C[C@]4(C)[C@@]3(F)[C@@H](O)C[C@@]21C. The van der Waals surface area contributed by atoms with Crippen molar-refractivity contribution in [3.63, 3.8) is 0 Å². The van der Waals surface area contributed by atoms with Gasteiger partial charge in [-0.25, -0.2) is 4.39 Å². The number of hydrogen-bond donors (Lipinski definition) is 1. The molecule has 3 fully saturated rings. The summed E-state index contributed by atoms with van der Waals surface area (Å²) in [4.78, 5) is 49.1. The van der Waals surface area contributed by atoms with Gasteiger partial charge in [0.25, 0.3) is 0 Å². The number of halogens is 1. The van der Waals surface area contributed by atoms with Crippen molar-refractivity contribution < 1.29 is 33.4 Å². The smallest absolute Gasteiger partial charge is 0.306 e. The number of ketones is 2. The Morgan fingerprint density at radius 1 is 1.31 bits per heavy atom. The summed E-state index contributed by atoms with van der Waals surface area (Å²) in [6, 6.07) is 0. The van der Waals surface area contributed by atoms with E-state index in [1.165, 1.54) is 12.2 Å². The van der Waals surface area contributed by atoms with E-state index in [1.807, 2.05) is 0 Å². The molecule has 0 bridgehead atoms. The average molecular weight is 447 g/mol. The molecule has 0 heterocycles. The third-order valence-corrected chi connectivity index (χ3v) is 9.22. The van der Waals surface area contributed by atoms with E-state index in [0.29, 0.717) is 24.8 Å². The molecule has 0 aliphatic heterocycles. The third-order valence-electron chi connectivity index (χ3n) is 9.22. The lowest BCUT2D eigenvalue weighted by Gasteiger charge is -2.62. The molecule has 0 aromatic carbocycles. The molecule has 0 spiro atoms. The first-order chi connectivity index (χ1) is 14.9. The maximum atomic E-state index is 17.1. The second kappa shape index (κ2) is 7.17. The summed E-state index contributed by atoms with van der Waals surface area (Å²) >= 11 is 0. The lowest BCUT2D eigenvalue weighted by Crippen LogP contribution is -2.70. The molecule has 1 N–H and O–H groups in total. The number of aliphatic hydroxyl groups excluding tert-OH is 1. The standard InChI is InChI=1S/C25H31FO6/c1-5-21(31)32-25(20(30)13-27)14(2)10-18-17-7-6-15-11-16(28)8-9-22(15,3)24(17,26)19(29)12-23(18,25)4/h8-9,11,13-14,17-19,29H,5-7,10,12H2,1-4H3/t14-,17+,18+,19+,22+,23+,24+,25-/m1/s1. The lowest BCUT2D eigenvalue weighted by molar-refractivity contribution is -0.226. The molecule has 7 heteroatoms. The fourth-order valence-corrected chi connectivity index (χ4v) is 7.66. The first-order valence-electron chi connectivity index (χ1n) is 11.4. The summed E-state index contributed by atoms with van der Waals surface area (Å²) in [5.41, 5.74) is -5.35. The van der Waals surface area contributed by atoms with Crippen LogP contribution < -0.4 is 0 Å². The number of alkyl halides is 1. The van der Waals surface area contributed by atoms with Crippen LogP contribution in [-0.4, -0.2) is 46.3 Å². The molecule has 0 saturated heterocycles. The highest BCUT2D eigenvalue weighted by molar-refractivity contribution is 6.29. The van der Waals surface area contributed by atoms with E-state index < -0.39 is 51.8 Å². The molecular formula is C25H31FO6. The van der Waals surface area contributed by atoms with Crippen LogP contribution >= 0.6 is 0 Å². The van der Waals surface area contributed by atoms with Crippen molar-refractivity contribution in [3.05, 3.63) is 23.8 Å². The molecule has 8 atom stereocenters. The van der Waals surface area contributed by atoms with Crippen LogP contribution in [0.5, 0.6) is 0 Å². The molecule has 4 aliphatic rings. The molecule has 4 aliphatic carbocycles. The minimum Gasteiger partial charge on any atom is -0.450 e. The van der Waals surface area contributed by atoms with Crippen LogP contribution in [0.3, 0.4) is 0 Å². The van der Waals surface area contributed by atoms with Crippen molar-refractivity contribution in [1.29, 1.82) is 0 Å². The van der Waals surface area contributed by atoms with Crippen LogP contribution in [0.15, 0.2) is 23.8 Å². The fourth-order valence-electron chi connectivity index (χ4n) is 7.66. The van der Waals surface area contributed by atoms with Gasteiger partial charge in [-0.05, 0) is 50.7 Å². The minimum atomic E-state index is -2.05. The number of aliphatic hydroxyl groups is 1. The zero-order valence-corrected chi connectivity index (χ0v) is 19.0. The molecule has 0 aromatic rings. The maximum Gasteiger partial charge on any atom is 0.306 e. The van der Waals surface area contributed by atoms with Gasteiger partial charge in [0.2, 0.25) is 5.78 Å². The van der Waals surface area contributed by atoms with Gasteiger partial charge in [0.1, 0.15) is 0 Å². The summed E-state index contributed by atoms with van der Waals surface area (Å²) < 4.78 is 22.9. The highest BCUT2D eigenvalue weighted by Crippen LogP contribution is 2.71. The van der Waals surface area contributed by atoms with E-state index in [2.05, 4.69) is 0 Å². The van der Waals surface area contributed by atoms with Crippen molar-refractivity contribution in [2.24, 2.45) is 28.6 Å². The van der Waals surface area contributed by atoms with E-state index in [-0.39, 0.29) is 30.8 Å². The number of ether oxygens (including phenoxy) is 1. The predicted octanol–water partition coefficient (Wildman–Crippen LogP) is 3.06. The van der Waals surface area contributed by atoms with Crippen LogP contribution in [0.4, 0.5) is 4.39 Å². The number of Topliss-reactive ketones (excluding diaryl/α,β-unsaturated/α-hetero) is 1. The number of aldehydes is 1. The largest absolute Gasteiger partial charge is 0.450 e. The zero-order chi connectivity index (χ0) is 23.7. The van der Waals surface area contributed by atoms with Crippen LogP contribution in [0.2, 0.25) is 0 Å². The van der Waals surface area contributed by atoms with E-state index in [4.69, 9.17) is 4.74 Å². The molecule has 32 heavy (non-hydrogen) atoms. The van der Waals surface area contributed by atoms with Gasteiger partial charge >= 0.3 is 5.97 Å². The number of carbonyl (C=O) groups excluding carboxylic acids is 4. The van der Waals surface area contributed by atoms with Crippen LogP contribution in [0.1, 0.15) is 59.8 Å². The molecular weight excluding hydrogens is 415 g/mol. The van der Waals surface area contributed by atoms with Crippen LogP contribution in [0.25, 0.3) is 0 Å². The average Bonchev–Trinajstić information content (AvgIpc) is 2.96. The summed E-state index contributed by atoms with van der Waals surface area (Å²) in [6.45, 7) is 6.84. The molecule has 0 unspecified atom stereocenters. The first-order valence-corrected chi connectivity index (χ1v) is 11.4.